The predicted octanol–water partition coefficient (Wildman–Crippen LogP) is 2.34. The van der Waals surface area contributed by atoms with Crippen LogP contribution in [0.4, 0.5) is 0 Å². The molecule has 0 spiro atoms. The highest BCUT2D eigenvalue weighted by atomic mass is 16.2. The van der Waals surface area contributed by atoms with Gasteiger partial charge in [0, 0.05) is 38.6 Å². The van der Waals surface area contributed by atoms with E-state index in [1.165, 1.54) is 0 Å². The molecule has 2 amide bonds. The fraction of sp³-hybridized carbons (Fsp3) is 0.350. The van der Waals surface area contributed by atoms with Crippen LogP contribution < -0.4 is 0 Å². The first-order valence-corrected chi connectivity index (χ1v) is 8.54. The average molecular weight is 337 g/mol. The molecule has 1 aliphatic rings. The third-order valence-corrected chi connectivity index (χ3v) is 4.79. The van der Waals surface area contributed by atoms with E-state index >= 15 is 0 Å². The molecule has 130 valence electrons. The molecule has 1 fully saturated rings. The molecule has 3 rings (SSSR count). The molecule has 5 heteroatoms. The number of nitrogens with zero attached hydrogens (tertiary/aromatic N) is 3. The normalized spacial score (nSPS) is 15.1. The van der Waals surface area contributed by atoms with E-state index in [-0.39, 0.29) is 11.8 Å². The van der Waals surface area contributed by atoms with Crippen molar-refractivity contribution in [2.45, 2.75) is 19.3 Å². The molecule has 2 aromatic rings. The highest BCUT2D eigenvalue weighted by molar-refractivity contribution is 5.94. The number of carbonyl (C=O) groups is 2. The van der Waals surface area contributed by atoms with Gasteiger partial charge in [-0.3, -0.25) is 14.6 Å². The number of aromatic nitrogens is 1. The minimum Gasteiger partial charge on any atom is -0.338 e. The zero-order valence-corrected chi connectivity index (χ0v) is 14.7. The number of rotatable bonds is 3. The first-order valence-electron chi connectivity index (χ1n) is 8.54. The van der Waals surface area contributed by atoms with Gasteiger partial charge in [-0.2, -0.15) is 0 Å². The standard InChI is InChI=1S/C20H23N3O2/c1-20(2,17-8-4-3-5-9-17)19(25)23-13-11-22(12-14-23)18(24)16-7-6-10-21-15-16/h3-10,15H,11-14H2,1-2H3. The Morgan fingerprint density at radius 1 is 0.920 bits per heavy atom. The zero-order chi connectivity index (χ0) is 17.9. The third kappa shape index (κ3) is 3.55. The maximum Gasteiger partial charge on any atom is 0.255 e. The first-order chi connectivity index (χ1) is 12.0. The summed E-state index contributed by atoms with van der Waals surface area (Å²) in [4.78, 5) is 33.1. The second kappa shape index (κ2) is 7.05. The number of benzene rings is 1. The molecule has 5 nitrogen and oxygen atoms in total. The van der Waals surface area contributed by atoms with Gasteiger partial charge in [0.2, 0.25) is 5.91 Å². The Kier molecular flexibility index (Phi) is 4.83. The van der Waals surface area contributed by atoms with Crippen molar-refractivity contribution in [3.8, 4) is 0 Å². The van der Waals surface area contributed by atoms with E-state index in [1.807, 2.05) is 49.1 Å². The van der Waals surface area contributed by atoms with E-state index < -0.39 is 5.41 Å². The third-order valence-electron chi connectivity index (χ3n) is 4.79. The van der Waals surface area contributed by atoms with Gasteiger partial charge in [0.15, 0.2) is 0 Å². The maximum atomic E-state index is 13.0. The van der Waals surface area contributed by atoms with Crippen LogP contribution in [0.5, 0.6) is 0 Å². The lowest BCUT2D eigenvalue weighted by Gasteiger charge is -2.38. The second-order valence-corrected chi connectivity index (χ2v) is 6.82. The van der Waals surface area contributed by atoms with Gasteiger partial charge in [-0.05, 0) is 31.5 Å². The van der Waals surface area contributed by atoms with E-state index in [0.717, 1.165) is 5.56 Å². The average Bonchev–Trinajstić information content (AvgIpc) is 2.68. The van der Waals surface area contributed by atoms with Crippen LogP contribution in [-0.4, -0.2) is 52.8 Å². The summed E-state index contributed by atoms with van der Waals surface area (Å²) in [5.41, 5.74) is 1.03. The van der Waals surface area contributed by atoms with E-state index in [2.05, 4.69) is 4.98 Å². The molecule has 1 aromatic carbocycles. The monoisotopic (exact) mass is 337 g/mol. The van der Waals surface area contributed by atoms with Crippen molar-refractivity contribution in [2.24, 2.45) is 0 Å². The lowest BCUT2D eigenvalue weighted by Crippen LogP contribution is -2.54. The Labute approximate surface area is 148 Å². The zero-order valence-electron chi connectivity index (χ0n) is 14.7. The Balaban J connectivity index is 1.64. The van der Waals surface area contributed by atoms with Crippen LogP contribution in [0.15, 0.2) is 54.9 Å². The topological polar surface area (TPSA) is 53.5 Å². The summed E-state index contributed by atoms with van der Waals surface area (Å²) in [5, 5.41) is 0. The molecule has 2 heterocycles. The number of hydrogen-bond donors (Lipinski definition) is 0. The van der Waals surface area contributed by atoms with Crippen LogP contribution in [0, 0.1) is 0 Å². The Morgan fingerprint density at radius 3 is 2.16 bits per heavy atom. The summed E-state index contributed by atoms with van der Waals surface area (Å²) < 4.78 is 0. The first kappa shape index (κ1) is 17.1. The Bertz CT molecular complexity index is 736. The van der Waals surface area contributed by atoms with Gasteiger partial charge in [0.05, 0.1) is 11.0 Å². The minimum absolute atomic E-state index is 0.0254. The largest absolute Gasteiger partial charge is 0.338 e. The molecule has 0 radical (unpaired) electrons. The van der Waals surface area contributed by atoms with Crippen molar-refractivity contribution in [3.63, 3.8) is 0 Å². The minimum atomic E-state index is -0.573. The predicted molar refractivity (Wildman–Crippen MR) is 96.2 cm³/mol. The molecule has 1 aromatic heterocycles. The molecular formula is C20H23N3O2. The van der Waals surface area contributed by atoms with Crippen molar-refractivity contribution >= 4 is 11.8 Å². The summed E-state index contributed by atoms with van der Waals surface area (Å²) in [5.74, 6) is 0.0784. The molecule has 0 unspecified atom stereocenters. The van der Waals surface area contributed by atoms with E-state index in [9.17, 15) is 9.59 Å². The molecule has 0 saturated carbocycles. The van der Waals surface area contributed by atoms with Gasteiger partial charge in [0.1, 0.15) is 0 Å². The van der Waals surface area contributed by atoms with Crippen LogP contribution in [0.2, 0.25) is 0 Å². The van der Waals surface area contributed by atoms with E-state index in [4.69, 9.17) is 0 Å². The number of carbonyl (C=O) groups excluding carboxylic acids is 2. The quantitative estimate of drug-likeness (QED) is 0.864. The summed E-state index contributed by atoms with van der Waals surface area (Å²) in [6.45, 7) is 6.12. The van der Waals surface area contributed by atoms with E-state index in [1.54, 1.807) is 29.4 Å². The van der Waals surface area contributed by atoms with Crippen LogP contribution in [0.3, 0.4) is 0 Å². The number of piperazine rings is 1. The fourth-order valence-corrected chi connectivity index (χ4v) is 3.16. The molecular weight excluding hydrogens is 314 g/mol. The Morgan fingerprint density at radius 2 is 1.56 bits per heavy atom. The van der Waals surface area contributed by atoms with Crippen molar-refractivity contribution in [2.75, 3.05) is 26.2 Å². The molecule has 0 aliphatic carbocycles. The van der Waals surface area contributed by atoms with Crippen LogP contribution in [-0.2, 0) is 10.2 Å². The van der Waals surface area contributed by atoms with Gasteiger partial charge in [-0.25, -0.2) is 0 Å². The molecule has 25 heavy (non-hydrogen) atoms. The van der Waals surface area contributed by atoms with Crippen molar-refractivity contribution < 1.29 is 9.59 Å². The molecule has 0 atom stereocenters. The smallest absolute Gasteiger partial charge is 0.255 e. The second-order valence-electron chi connectivity index (χ2n) is 6.82. The molecule has 0 bridgehead atoms. The van der Waals surface area contributed by atoms with Gasteiger partial charge >= 0.3 is 0 Å². The maximum absolute atomic E-state index is 13.0. The molecule has 0 N–H and O–H groups in total. The SMILES string of the molecule is CC(C)(C(=O)N1CCN(C(=O)c2cccnc2)CC1)c1ccccc1. The Hall–Kier alpha value is -2.69. The van der Waals surface area contributed by atoms with Crippen molar-refractivity contribution in [3.05, 3.63) is 66.0 Å². The van der Waals surface area contributed by atoms with Crippen LogP contribution in [0.1, 0.15) is 29.8 Å². The number of pyridine rings is 1. The summed E-state index contributed by atoms with van der Waals surface area (Å²) >= 11 is 0. The number of amides is 2. The van der Waals surface area contributed by atoms with Gasteiger partial charge in [-0.15, -0.1) is 0 Å². The van der Waals surface area contributed by atoms with Crippen LogP contribution >= 0.6 is 0 Å². The fourth-order valence-electron chi connectivity index (χ4n) is 3.16. The summed E-state index contributed by atoms with van der Waals surface area (Å²) in [7, 11) is 0. The molecule has 1 aliphatic heterocycles. The lowest BCUT2D eigenvalue weighted by atomic mass is 9.83. The van der Waals surface area contributed by atoms with Crippen molar-refractivity contribution in [1.82, 2.24) is 14.8 Å². The van der Waals surface area contributed by atoms with Gasteiger partial charge in [-0.1, -0.05) is 30.3 Å². The number of hydrogen-bond acceptors (Lipinski definition) is 3. The highest BCUT2D eigenvalue weighted by Crippen LogP contribution is 2.26. The molecule has 1 saturated heterocycles. The lowest BCUT2D eigenvalue weighted by molar-refractivity contribution is -0.137. The van der Waals surface area contributed by atoms with Gasteiger partial charge < -0.3 is 9.80 Å². The summed E-state index contributed by atoms with van der Waals surface area (Å²) in [6.07, 6.45) is 3.23. The summed E-state index contributed by atoms with van der Waals surface area (Å²) in [6, 6.07) is 13.4. The van der Waals surface area contributed by atoms with Crippen LogP contribution in [0.25, 0.3) is 0 Å². The van der Waals surface area contributed by atoms with E-state index in [0.29, 0.717) is 31.7 Å². The highest BCUT2D eigenvalue weighted by Gasteiger charge is 2.35. The van der Waals surface area contributed by atoms with Crippen molar-refractivity contribution in [1.29, 1.82) is 0 Å². The van der Waals surface area contributed by atoms with Gasteiger partial charge in [0.25, 0.3) is 5.91 Å².